The molecular weight excluding hydrogens is 383 g/mol. The van der Waals surface area contributed by atoms with E-state index < -0.39 is 12.1 Å². The van der Waals surface area contributed by atoms with Gasteiger partial charge in [0.15, 0.2) is 0 Å². The van der Waals surface area contributed by atoms with Crippen LogP contribution < -0.4 is 5.32 Å². The van der Waals surface area contributed by atoms with Crippen LogP contribution in [0.25, 0.3) is 6.08 Å². The first-order valence-electron chi connectivity index (χ1n) is 9.52. The SMILES string of the molecule is CNC1CCCc2cc(/C=C/C(c3cc(C)c(C)c(Cl)c3)C(F)(F)F)ccc21. The highest BCUT2D eigenvalue weighted by atomic mass is 35.5. The highest BCUT2D eigenvalue weighted by molar-refractivity contribution is 6.31. The van der Waals surface area contributed by atoms with Crippen LogP contribution in [0.5, 0.6) is 0 Å². The first-order valence-corrected chi connectivity index (χ1v) is 9.90. The summed E-state index contributed by atoms with van der Waals surface area (Å²) in [5.74, 6) is -1.69. The Balaban J connectivity index is 1.93. The molecule has 2 aromatic carbocycles. The number of nitrogens with one attached hydrogen (secondary N) is 1. The van der Waals surface area contributed by atoms with Crippen LogP contribution in [-0.2, 0) is 6.42 Å². The largest absolute Gasteiger partial charge is 0.399 e. The first-order chi connectivity index (χ1) is 13.2. The lowest BCUT2D eigenvalue weighted by Gasteiger charge is -2.25. The molecule has 0 heterocycles. The third-order valence-electron chi connectivity index (χ3n) is 5.65. The molecule has 1 N–H and O–H groups in total. The monoisotopic (exact) mass is 407 g/mol. The van der Waals surface area contributed by atoms with Gasteiger partial charge in [0.25, 0.3) is 0 Å². The van der Waals surface area contributed by atoms with E-state index in [-0.39, 0.29) is 5.56 Å². The molecule has 2 atom stereocenters. The van der Waals surface area contributed by atoms with Gasteiger partial charge in [-0.05, 0) is 79.6 Å². The van der Waals surface area contributed by atoms with Crippen molar-refractivity contribution in [3.05, 3.63) is 74.8 Å². The van der Waals surface area contributed by atoms with Gasteiger partial charge in [-0.15, -0.1) is 0 Å². The van der Waals surface area contributed by atoms with E-state index in [0.717, 1.165) is 36.0 Å². The molecule has 150 valence electrons. The molecule has 0 bridgehead atoms. The van der Waals surface area contributed by atoms with Crippen molar-refractivity contribution in [1.29, 1.82) is 0 Å². The number of rotatable bonds is 4. The van der Waals surface area contributed by atoms with Gasteiger partial charge in [0.05, 0.1) is 5.92 Å². The van der Waals surface area contributed by atoms with Gasteiger partial charge in [-0.2, -0.15) is 13.2 Å². The van der Waals surface area contributed by atoms with Crippen molar-refractivity contribution in [2.24, 2.45) is 0 Å². The lowest BCUT2D eigenvalue weighted by atomic mass is 9.86. The number of benzene rings is 2. The van der Waals surface area contributed by atoms with E-state index in [4.69, 9.17) is 11.6 Å². The number of alkyl halides is 3. The summed E-state index contributed by atoms with van der Waals surface area (Å²) in [5.41, 5.74) is 5.00. The van der Waals surface area contributed by atoms with Crippen LogP contribution >= 0.6 is 11.6 Å². The molecule has 2 unspecified atom stereocenters. The van der Waals surface area contributed by atoms with Crippen LogP contribution in [0.15, 0.2) is 36.4 Å². The molecular formula is C23H25ClF3N. The summed E-state index contributed by atoms with van der Waals surface area (Å²) in [6.45, 7) is 3.59. The van der Waals surface area contributed by atoms with Gasteiger partial charge < -0.3 is 5.32 Å². The predicted molar refractivity (Wildman–Crippen MR) is 110 cm³/mol. The van der Waals surface area contributed by atoms with Gasteiger partial charge in [-0.25, -0.2) is 0 Å². The molecule has 28 heavy (non-hydrogen) atoms. The van der Waals surface area contributed by atoms with Crippen LogP contribution in [0, 0.1) is 13.8 Å². The normalized spacial score (nSPS) is 18.3. The topological polar surface area (TPSA) is 12.0 Å². The smallest absolute Gasteiger partial charge is 0.313 e. The summed E-state index contributed by atoms with van der Waals surface area (Å²) >= 11 is 6.14. The highest BCUT2D eigenvalue weighted by Crippen LogP contribution is 2.39. The van der Waals surface area contributed by atoms with E-state index in [0.29, 0.717) is 11.1 Å². The summed E-state index contributed by atoms with van der Waals surface area (Å²) < 4.78 is 41.2. The third kappa shape index (κ3) is 4.44. The Hall–Kier alpha value is -1.78. The Morgan fingerprint density at radius 1 is 1.18 bits per heavy atom. The van der Waals surface area contributed by atoms with Crippen LogP contribution in [0.1, 0.15) is 58.2 Å². The number of hydrogen-bond acceptors (Lipinski definition) is 1. The number of hydrogen-bond donors (Lipinski definition) is 1. The average Bonchev–Trinajstić information content (AvgIpc) is 2.64. The van der Waals surface area contributed by atoms with Gasteiger partial charge in [0.2, 0.25) is 0 Å². The lowest BCUT2D eigenvalue weighted by molar-refractivity contribution is -0.139. The van der Waals surface area contributed by atoms with Gasteiger partial charge in [0, 0.05) is 11.1 Å². The average molecular weight is 408 g/mol. The maximum Gasteiger partial charge on any atom is 0.399 e. The molecule has 5 heteroatoms. The van der Waals surface area contributed by atoms with Crippen molar-refractivity contribution in [3.63, 3.8) is 0 Å². The molecule has 0 saturated heterocycles. The van der Waals surface area contributed by atoms with Crippen molar-refractivity contribution in [2.75, 3.05) is 7.05 Å². The number of fused-ring (bicyclic) bond motifs is 1. The molecule has 0 amide bonds. The van der Waals surface area contributed by atoms with E-state index in [1.165, 1.54) is 23.3 Å². The molecule has 1 nitrogen and oxygen atoms in total. The van der Waals surface area contributed by atoms with Gasteiger partial charge >= 0.3 is 6.18 Å². The predicted octanol–water partition coefficient (Wildman–Crippen LogP) is 6.91. The van der Waals surface area contributed by atoms with Crippen LogP contribution in [-0.4, -0.2) is 13.2 Å². The van der Waals surface area contributed by atoms with Crippen LogP contribution in [0.3, 0.4) is 0 Å². The number of aryl methyl sites for hydroxylation is 2. The van der Waals surface area contributed by atoms with Crippen molar-refractivity contribution < 1.29 is 13.2 Å². The minimum absolute atomic E-state index is 0.171. The zero-order chi connectivity index (χ0) is 20.5. The zero-order valence-electron chi connectivity index (χ0n) is 16.3. The van der Waals surface area contributed by atoms with Gasteiger partial charge in [0.1, 0.15) is 0 Å². The highest BCUT2D eigenvalue weighted by Gasteiger charge is 2.39. The van der Waals surface area contributed by atoms with E-state index in [2.05, 4.69) is 5.32 Å². The molecule has 0 aliphatic heterocycles. The Labute approximate surface area is 169 Å². The summed E-state index contributed by atoms with van der Waals surface area (Å²) in [6, 6.07) is 9.26. The first kappa shape index (κ1) is 20.9. The van der Waals surface area contributed by atoms with E-state index in [1.54, 1.807) is 19.1 Å². The molecule has 0 fully saturated rings. The summed E-state index contributed by atoms with van der Waals surface area (Å²) in [7, 11) is 1.94. The van der Waals surface area contributed by atoms with Gasteiger partial charge in [-0.1, -0.05) is 48.0 Å². The molecule has 3 rings (SSSR count). The molecule has 0 saturated carbocycles. The van der Waals surface area contributed by atoms with E-state index >= 15 is 0 Å². The number of halogens is 4. The Morgan fingerprint density at radius 3 is 2.57 bits per heavy atom. The van der Waals surface area contributed by atoms with Crippen molar-refractivity contribution >= 4 is 17.7 Å². The van der Waals surface area contributed by atoms with Crippen LogP contribution in [0.4, 0.5) is 13.2 Å². The molecule has 1 aliphatic rings. The fraction of sp³-hybridized carbons (Fsp3) is 0.391. The Kier molecular flexibility index (Phi) is 6.21. The molecule has 1 aliphatic carbocycles. The molecule has 2 aromatic rings. The minimum Gasteiger partial charge on any atom is -0.313 e. The van der Waals surface area contributed by atoms with Gasteiger partial charge in [-0.3, -0.25) is 0 Å². The maximum atomic E-state index is 13.7. The quantitative estimate of drug-likeness (QED) is 0.580. The standard InChI is InChI=1S/C23H25ClF3N/c1-14-11-18(13-21(24)15(14)2)20(23(25,26)27)10-8-16-7-9-19-17(12-16)5-4-6-22(19)28-3/h7-13,20,22,28H,4-6H2,1-3H3/b10-8+. The van der Waals surface area contributed by atoms with Crippen LogP contribution in [0.2, 0.25) is 5.02 Å². The second-order valence-electron chi connectivity index (χ2n) is 7.51. The fourth-order valence-electron chi connectivity index (χ4n) is 3.88. The second kappa shape index (κ2) is 8.30. The third-order valence-corrected chi connectivity index (χ3v) is 6.04. The fourth-order valence-corrected chi connectivity index (χ4v) is 4.15. The second-order valence-corrected chi connectivity index (χ2v) is 7.92. The molecule has 0 spiro atoms. The summed E-state index contributed by atoms with van der Waals surface area (Å²) in [4.78, 5) is 0. The maximum absolute atomic E-state index is 13.7. The lowest BCUT2D eigenvalue weighted by Crippen LogP contribution is -2.21. The summed E-state index contributed by atoms with van der Waals surface area (Å²) in [5, 5.41) is 3.67. The minimum atomic E-state index is -4.38. The summed E-state index contributed by atoms with van der Waals surface area (Å²) in [6.07, 6.45) is 1.56. The Morgan fingerprint density at radius 2 is 1.93 bits per heavy atom. The molecule has 0 radical (unpaired) electrons. The molecule has 0 aromatic heterocycles. The van der Waals surface area contributed by atoms with Crippen molar-refractivity contribution in [2.45, 2.75) is 51.2 Å². The van der Waals surface area contributed by atoms with E-state index in [1.807, 2.05) is 32.2 Å². The zero-order valence-corrected chi connectivity index (χ0v) is 17.1. The Bertz CT molecular complexity index is 863. The number of allylic oxidation sites excluding steroid dienone is 1. The van der Waals surface area contributed by atoms with E-state index in [9.17, 15) is 13.2 Å². The van der Waals surface area contributed by atoms with Crippen molar-refractivity contribution in [3.8, 4) is 0 Å². The van der Waals surface area contributed by atoms with Crippen molar-refractivity contribution in [1.82, 2.24) is 5.32 Å².